The lowest BCUT2D eigenvalue weighted by Crippen LogP contribution is -2.08. The van der Waals surface area contributed by atoms with E-state index in [1.165, 1.54) is 6.26 Å². The molecule has 4 rings (SSSR count). The summed E-state index contributed by atoms with van der Waals surface area (Å²) in [5, 5.41) is 19.1. The molecule has 1 aliphatic heterocycles. The minimum Gasteiger partial charge on any atom is -0.494 e. The lowest BCUT2D eigenvalue weighted by atomic mass is 9.94. The summed E-state index contributed by atoms with van der Waals surface area (Å²) in [6, 6.07) is 13.1. The lowest BCUT2D eigenvalue weighted by molar-refractivity contribution is -0.137. The fourth-order valence-electron chi connectivity index (χ4n) is 4.53. The number of hydrogen-bond acceptors (Lipinski definition) is 8. The Hall–Kier alpha value is -3.63. The number of carboxylic acid groups (broad SMARTS) is 1. The maximum Gasteiger partial charge on any atom is 0.304 e. The van der Waals surface area contributed by atoms with E-state index in [2.05, 4.69) is 4.98 Å². The predicted molar refractivity (Wildman–Crippen MR) is 141 cm³/mol. The number of benzene rings is 2. The number of aryl methyl sites for hydroxylation is 1. The van der Waals surface area contributed by atoms with E-state index < -0.39 is 15.8 Å². The van der Waals surface area contributed by atoms with Crippen molar-refractivity contribution in [3.8, 4) is 28.5 Å². The van der Waals surface area contributed by atoms with E-state index in [9.17, 15) is 18.3 Å². The van der Waals surface area contributed by atoms with Crippen LogP contribution in [0.25, 0.3) is 11.1 Å². The van der Waals surface area contributed by atoms with Crippen LogP contribution < -0.4 is 14.2 Å². The Kier molecular flexibility index (Phi) is 8.53. The molecule has 0 fully saturated rings. The highest BCUT2D eigenvalue weighted by Gasteiger charge is 2.27. The Morgan fingerprint density at radius 1 is 1.18 bits per heavy atom. The molecule has 2 heterocycles. The van der Waals surface area contributed by atoms with Gasteiger partial charge in [0.05, 0.1) is 32.0 Å². The summed E-state index contributed by atoms with van der Waals surface area (Å²) in [7, 11) is -3.04. The van der Waals surface area contributed by atoms with E-state index in [1.54, 1.807) is 18.3 Å². The number of nitrogens with zero attached hydrogens (tertiary/aromatic N) is 1. The van der Waals surface area contributed by atoms with Gasteiger partial charge in [-0.3, -0.25) is 4.79 Å². The van der Waals surface area contributed by atoms with Crippen LogP contribution in [0.2, 0.25) is 0 Å². The number of carboxylic acids is 1. The van der Waals surface area contributed by atoms with Gasteiger partial charge in [-0.25, -0.2) is 13.4 Å². The number of sulfone groups is 1. The van der Waals surface area contributed by atoms with Gasteiger partial charge in [-0.1, -0.05) is 18.2 Å². The van der Waals surface area contributed by atoms with Crippen molar-refractivity contribution in [1.29, 1.82) is 0 Å². The second-order valence-corrected chi connectivity index (χ2v) is 11.7. The Bertz CT molecular complexity index is 1420. The molecule has 0 bridgehead atoms. The monoisotopic (exact) mass is 541 g/mol. The molecule has 0 radical (unpaired) electrons. The number of aromatic nitrogens is 1. The number of rotatable bonds is 12. The van der Waals surface area contributed by atoms with Crippen molar-refractivity contribution in [3.05, 3.63) is 70.9 Å². The normalized spacial score (nSPS) is 14.6. The van der Waals surface area contributed by atoms with Crippen LogP contribution in [0.4, 0.5) is 0 Å². The second kappa shape index (κ2) is 11.8. The average molecular weight is 542 g/mol. The van der Waals surface area contributed by atoms with Crippen molar-refractivity contribution in [2.75, 3.05) is 25.2 Å². The van der Waals surface area contributed by atoms with E-state index in [4.69, 9.17) is 19.3 Å². The number of aliphatic hydroxyl groups excluding tert-OH is 1. The predicted octanol–water partition coefficient (Wildman–Crippen LogP) is 3.89. The second-order valence-electron chi connectivity index (χ2n) is 9.42. The van der Waals surface area contributed by atoms with Gasteiger partial charge in [0.1, 0.15) is 27.9 Å². The maximum atomic E-state index is 11.3. The quantitative estimate of drug-likeness (QED) is 0.328. The van der Waals surface area contributed by atoms with E-state index in [0.717, 1.165) is 27.8 Å². The van der Waals surface area contributed by atoms with Crippen LogP contribution in [0.1, 0.15) is 41.0 Å². The van der Waals surface area contributed by atoms with Crippen molar-refractivity contribution in [1.82, 2.24) is 4.98 Å². The third kappa shape index (κ3) is 7.02. The molecule has 0 spiro atoms. The van der Waals surface area contributed by atoms with Crippen LogP contribution in [0.15, 0.2) is 48.7 Å². The van der Waals surface area contributed by atoms with Crippen molar-refractivity contribution in [3.63, 3.8) is 0 Å². The molecule has 9 nitrogen and oxygen atoms in total. The summed E-state index contributed by atoms with van der Waals surface area (Å²) in [6.45, 7) is 2.59. The van der Waals surface area contributed by atoms with Crippen LogP contribution in [-0.2, 0) is 27.8 Å². The summed E-state index contributed by atoms with van der Waals surface area (Å²) >= 11 is 0. The van der Waals surface area contributed by atoms with E-state index >= 15 is 0 Å². The Morgan fingerprint density at radius 2 is 2.00 bits per heavy atom. The van der Waals surface area contributed by atoms with E-state index in [-0.39, 0.29) is 37.9 Å². The summed E-state index contributed by atoms with van der Waals surface area (Å²) in [5.41, 5.74) is 5.11. The molecule has 0 unspecified atom stereocenters. The standard InChI is InChI=1S/C28H31NO8S/c1-18-9-23(35-7-4-8-38(2,33)34)11-21(15-30)28(18)20-6-3-5-19(10-20)16-37-26-13-25-24(14-29-26)22(17-36-25)12-27(31)32/h3,5-6,9-11,13-14,22,30H,4,7-8,12,15-17H2,1-2H3,(H,31,32)/t22-/m1/s1. The first kappa shape index (κ1) is 27.4. The fourth-order valence-corrected chi connectivity index (χ4v) is 5.17. The summed E-state index contributed by atoms with van der Waals surface area (Å²) in [6.07, 6.45) is 3.20. The van der Waals surface area contributed by atoms with Gasteiger partial charge in [0, 0.05) is 30.0 Å². The molecule has 0 amide bonds. The highest BCUT2D eigenvalue weighted by Crippen LogP contribution is 2.37. The summed E-state index contributed by atoms with van der Waals surface area (Å²) in [4.78, 5) is 15.4. The maximum absolute atomic E-state index is 11.3. The van der Waals surface area contributed by atoms with Gasteiger partial charge in [0.2, 0.25) is 5.88 Å². The van der Waals surface area contributed by atoms with Crippen LogP contribution in [0.5, 0.6) is 17.4 Å². The molecule has 1 aliphatic rings. The van der Waals surface area contributed by atoms with E-state index in [1.807, 2.05) is 37.3 Å². The SMILES string of the molecule is Cc1cc(OCCCS(C)(=O)=O)cc(CO)c1-c1cccc(COc2cc3c(cn2)[C@H](CC(=O)O)CO3)c1. The molecular formula is C28H31NO8S. The first-order valence-electron chi connectivity index (χ1n) is 12.2. The Morgan fingerprint density at radius 3 is 2.74 bits per heavy atom. The van der Waals surface area contributed by atoms with Gasteiger partial charge in [0.25, 0.3) is 0 Å². The van der Waals surface area contributed by atoms with Gasteiger partial charge in [-0.15, -0.1) is 0 Å². The van der Waals surface area contributed by atoms with Crippen LogP contribution in [-0.4, -0.2) is 54.8 Å². The molecule has 2 N–H and O–H groups in total. The molecule has 38 heavy (non-hydrogen) atoms. The third-order valence-electron chi connectivity index (χ3n) is 6.26. The molecule has 2 aromatic carbocycles. The minimum absolute atomic E-state index is 0.00674. The van der Waals surface area contributed by atoms with Crippen LogP contribution in [0.3, 0.4) is 0 Å². The van der Waals surface area contributed by atoms with Gasteiger partial charge in [0.15, 0.2) is 0 Å². The molecular weight excluding hydrogens is 510 g/mol. The number of pyridine rings is 1. The first-order valence-corrected chi connectivity index (χ1v) is 14.3. The van der Waals surface area contributed by atoms with Gasteiger partial charge in [-0.05, 0) is 59.4 Å². The van der Waals surface area contributed by atoms with E-state index in [0.29, 0.717) is 36.0 Å². The average Bonchev–Trinajstić information content (AvgIpc) is 3.25. The number of aliphatic carboxylic acids is 1. The molecule has 202 valence electrons. The van der Waals surface area contributed by atoms with Gasteiger partial charge in [-0.2, -0.15) is 0 Å². The number of aliphatic hydroxyl groups is 1. The lowest BCUT2D eigenvalue weighted by Gasteiger charge is -2.16. The largest absolute Gasteiger partial charge is 0.494 e. The van der Waals surface area contributed by atoms with Crippen molar-refractivity contribution in [2.24, 2.45) is 0 Å². The highest BCUT2D eigenvalue weighted by atomic mass is 32.2. The smallest absolute Gasteiger partial charge is 0.304 e. The van der Waals surface area contributed by atoms with Crippen LogP contribution in [0, 0.1) is 6.92 Å². The van der Waals surface area contributed by atoms with Crippen LogP contribution >= 0.6 is 0 Å². The van der Waals surface area contributed by atoms with Gasteiger partial charge < -0.3 is 24.4 Å². The molecule has 0 aliphatic carbocycles. The molecule has 0 saturated heterocycles. The zero-order valence-electron chi connectivity index (χ0n) is 21.3. The number of ether oxygens (including phenoxy) is 3. The molecule has 1 atom stereocenters. The first-order chi connectivity index (χ1) is 18.1. The molecule has 3 aromatic rings. The molecule has 1 aromatic heterocycles. The van der Waals surface area contributed by atoms with Crippen molar-refractivity contribution in [2.45, 2.75) is 38.9 Å². The van der Waals surface area contributed by atoms with Crippen molar-refractivity contribution >= 4 is 15.8 Å². The minimum atomic E-state index is -3.04. The Labute approximate surface area is 221 Å². The Balaban J connectivity index is 1.45. The number of carbonyl (C=O) groups is 1. The topological polar surface area (TPSA) is 132 Å². The molecule has 0 saturated carbocycles. The summed E-state index contributed by atoms with van der Waals surface area (Å²) < 4.78 is 39.9. The van der Waals surface area contributed by atoms with Crippen molar-refractivity contribution < 1.29 is 37.6 Å². The third-order valence-corrected chi connectivity index (χ3v) is 7.29. The number of fused-ring (bicyclic) bond motifs is 1. The molecule has 10 heteroatoms. The zero-order chi connectivity index (χ0) is 27.3. The highest BCUT2D eigenvalue weighted by molar-refractivity contribution is 7.90. The van der Waals surface area contributed by atoms with Gasteiger partial charge >= 0.3 is 5.97 Å². The zero-order valence-corrected chi connectivity index (χ0v) is 22.2. The fraction of sp³-hybridized carbons (Fsp3) is 0.357. The number of hydrogen-bond donors (Lipinski definition) is 2. The summed E-state index contributed by atoms with van der Waals surface area (Å²) in [5.74, 6) is 0.530.